The Bertz CT molecular complexity index is 1310. The molecule has 0 amide bonds. The lowest BCUT2D eigenvalue weighted by molar-refractivity contribution is -0.153. The topological polar surface area (TPSA) is 74.7 Å². The van der Waals surface area contributed by atoms with Gasteiger partial charge in [-0.1, -0.05) is 80.9 Å². The third-order valence-electron chi connectivity index (χ3n) is 11.4. The number of Topliss-reactive ketones (excluding diaryl/α,β-unsaturated/α-hetero) is 1. The van der Waals surface area contributed by atoms with E-state index in [1.165, 1.54) is 5.57 Å². The van der Waals surface area contributed by atoms with Crippen molar-refractivity contribution in [3.05, 3.63) is 33.3 Å². The lowest BCUT2D eigenvalue weighted by Gasteiger charge is -2.46. The molecular weight excluding hydrogens is 651 g/mol. The molecule has 48 heavy (non-hydrogen) atoms. The van der Waals surface area contributed by atoms with Gasteiger partial charge in [-0.05, 0) is 93.9 Å². The Balaban J connectivity index is 2.66. The number of nitrogens with zero attached hydrogens (tertiary/aromatic N) is 1. The lowest BCUT2D eigenvalue weighted by atomic mass is 9.73. The quantitative estimate of drug-likeness (QED) is 0.165. The van der Waals surface area contributed by atoms with Gasteiger partial charge in [0.05, 0.1) is 29.3 Å². The second-order valence-corrected chi connectivity index (χ2v) is 28.7. The van der Waals surface area contributed by atoms with Crippen LogP contribution in [-0.4, -0.2) is 51.7 Å². The van der Waals surface area contributed by atoms with Crippen molar-refractivity contribution in [2.45, 2.75) is 177 Å². The summed E-state index contributed by atoms with van der Waals surface area (Å²) in [5, 5.41) is 2.94. The zero-order valence-electron chi connectivity index (χ0n) is 33.6. The predicted molar refractivity (Wildman–Crippen MR) is 208 cm³/mol. The standard InChI is InChI=1S/C39H69NO5SSi2/c1-26-19-18-20-27(2)35(45-48(16,17)38(9,10)11)29(4)36(42)39(12,13)33(44-47(14,15)37(6,7)8)24-34(41)43-32(22-21-26)28(3)23-31-25-46-30(5)40-31/h21,23,25,27,29,32-33,35H,18-20,22,24H2,1-17H3/b26-21-,28-23+/t27-,29+,32-,33-,35?/m0/s1. The van der Waals surface area contributed by atoms with Crippen LogP contribution in [0.1, 0.15) is 126 Å². The van der Waals surface area contributed by atoms with Crippen molar-refractivity contribution in [1.82, 2.24) is 4.98 Å². The van der Waals surface area contributed by atoms with Gasteiger partial charge < -0.3 is 13.6 Å². The Morgan fingerprint density at radius 2 is 1.56 bits per heavy atom. The van der Waals surface area contributed by atoms with Gasteiger partial charge >= 0.3 is 5.97 Å². The molecule has 0 fully saturated rings. The largest absolute Gasteiger partial charge is 0.457 e. The van der Waals surface area contributed by atoms with Gasteiger partial charge in [0.2, 0.25) is 0 Å². The van der Waals surface area contributed by atoms with E-state index in [1.54, 1.807) is 11.3 Å². The number of ether oxygens (including phenoxy) is 1. The number of rotatable bonds is 6. The van der Waals surface area contributed by atoms with Gasteiger partial charge in [0, 0.05) is 23.1 Å². The van der Waals surface area contributed by atoms with E-state index < -0.39 is 34.3 Å². The van der Waals surface area contributed by atoms with Crippen LogP contribution in [0.2, 0.25) is 36.3 Å². The molecule has 1 aliphatic rings. The van der Waals surface area contributed by atoms with Crippen molar-refractivity contribution < 1.29 is 23.2 Å². The number of ketones is 1. The highest BCUT2D eigenvalue weighted by Crippen LogP contribution is 2.44. The molecule has 274 valence electrons. The first-order valence-corrected chi connectivity index (χ1v) is 24.7. The summed E-state index contributed by atoms with van der Waals surface area (Å²) in [7, 11) is -4.58. The van der Waals surface area contributed by atoms with Crippen LogP contribution >= 0.6 is 11.3 Å². The van der Waals surface area contributed by atoms with Gasteiger partial charge in [0.1, 0.15) is 11.9 Å². The molecule has 9 heteroatoms. The number of allylic oxidation sites excluding steroid dienone is 1. The highest BCUT2D eigenvalue weighted by molar-refractivity contribution is 7.09. The molecule has 0 N–H and O–H groups in total. The fraction of sp³-hybridized carbons (Fsp3) is 0.769. The number of aromatic nitrogens is 1. The molecule has 0 radical (unpaired) electrons. The third kappa shape index (κ3) is 11.3. The fourth-order valence-corrected chi connectivity index (χ4v) is 9.32. The molecule has 1 unspecified atom stereocenters. The summed E-state index contributed by atoms with van der Waals surface area (Å²) >= 11 is 1.61. The second-order valence-electron chi connectivity index (χ2n) is 18.1. The van der Waals surface area contributed by atoms with Crippen LogP contribution in [-0.2, 0) is 23.2 Å². The molecule has 1 aromatic heterocycles. The maximum absolute atomic E-state index is 14.8. The van der Waals surface area contributed by atoms with E-state index in [2.05, 4.69) is 92.6 Å². The number of carbonyl (C=O) groups is 2. The maximum atomic E-state index is 14.8. The molecule has 2 heterocycles. The zero-order valence-corrected chi connectivity index (χ0v) is 36.4. The number of thiazole rings is 1. The van der Waals surface area contributed by atoms with E-state index in [-0.39, 0.29) is 46.2 Å². The Morgan fingerprint density at radius 1 is 1.00 bits per heavy atom. The van der Waals surface area contributed by atoms with Crippen molar-refractivity contribution in [1.29, 1.82) is 0 Å². The molecule has 6 nitrogen and oxygen atoms in total. The average molecular weight is 720 g/mol. The van der Waals surface area contributed by atoms with Crippen molar-refractivity contribution in [3.63, 3.8) is 0 Å². The van der Waals surface area contributed by atoms with Gasteiger partial charge in [-0.15, -0.1) is 11.3 Å². The summed E-state index contributed by atoms with van der Waals surface area (Å²) in [6, 6.07) is 0. The average Bonchev–Trinajstić information content (AvgIpc) is 3.34. The first-order chi connectivity index (χ1) is 21.7. The van der Waals surface area contributed by atoms with Crippen LogP contribution in [0.15, 0.2) is 22.6 Å². The Kier molecular flexibility index (Phi) is 14.5. The van der Waals surface area contributed by atoms with E-state index in [9.17, 15) is 9.59 Å². The van der Waals surface area contributed by atoms with Crippen LogP contribution in [0.5, 0.6) is 0 Å². The van der Waals surface area contributed by atoms with E-state index in [4.69, 9.17) is 13.6 Å². The van der Waals surface area contributed by atoms with Crippen LogP contribution in [0.4, 0.5) is 0 Å². The number of aryl methyl sites for hydroxylation is 1. The Morgan fingerprint density at radius 3 is 2.08 bits per heavy atom. The number of cyclic esters (lactones) is 1. The van der Waals surface area contributed by atoms with Gasteiger partial charge in [0.15, 0.2) is 16.6 Å². The Labute approximate surface area is 300 Å². The molecule has 0 bridgehead atoms. The van der Waals surface area contributed by atoms with E-state index in [0.29, 0.717) is 6.42 Å². The van der Waals surface area contributed by atoms with Crippen molar-refractivity contribution >= 4 is 45.8 Å². The minimum Gasteiger partial charge on any atom is -0.457 e. The molecule has 0 saturated carbocycles. The minimum absolute atomic E-state index is 0.00354. The summed E-state index contributed by atoms with van der Waals surface area (Å²) < 4.78 is 20.5. The first-order valence-electron chi connectivity index (χ1n) is 18.0. The van der Waals surface area contributed by atoms with E-state index in [0.717, 1.165) is 35.5 Å². The normalized spacial score (nSPS) is 27.7. The molecule has 0 aliphatic carbocycles. The van der Waals surface area contributed by atoms with Gasteiger partial charge in [-0.25, -0.2) is 4.98 Å². The summed E-state index contributed by atoms with van der Waals surface area (Å²) in [5.74, 6) is -0.433. The smallest absolute Gasteiger partial charge is 0.309 e. The molecule has 0 spiro atoms. The summed E-state index contributed by atoms with van der Waals surface area (Å²) in [5.41, 5.74) is 2.15. The third-order valence-corrected chi connectivity index (χ3v) is 21.2. The maximum Gasteiger partial charge on any atom is 0.309 e. The van der Waals surface area contributed by atoms with Crippen molar-refractivity contribution in [2.24, 2.45) is 17.3 Å². The second kappa shape index (κ2) is 16.3. The number of esters is 1. The number of hydrogen-bond acceptors (Lipinski definition) is 7. The van der Waals surface area contributed by atoms with Gasteiger partial charge in [0.25, 0.3) is 0 Å². The number of hydrogen-bond donors (Lipinski definition) is 0. The number of carbonyl (C=O) groups excluding carboxylic acids is 2. The molecule has 2 rings (SSSR count). The predicted octanol–water partition coefficient (Wildman–Crippen LogP) is 11.3. The van der Waals surface area contributed by atoms with Crippen LogP contribution < -0.4 is 0 Å². The highest BCUT2D eigenvalue weighted by atomic mass is 32.1. The summed E-state index contributed by atoms with van der Waals surface area (Å²) in [6.07, 6.45) is 6.45. The van der Waals surface area contributed by atoms with Crippen LogP contribution in [0, 0.1) is 24.2 Å². The molecular formula is C39H69NO5SSi2. The SMILES string of the molecule is C/C1=C/C[C@@H](/C(C)=C/c2csc(C)n2)OC(=O)C[C@H](O[Si](C)(C)C(C)(C)C)C(C)(C)C(=O)[C@H](C)C(O[Si](C)(C)C(C)(C)C)[C@@H](C)CCC1. The molecule has 0 aromatic carbocycles. The van der Waals surface area contributed by atoms with Crippen molar-refractivity contribution in [3.8, 4) is 0 Å². The van der Waals surface area contributed by atoms with Gasteiger partial charge in [-0.2, -0.15) is 0 Å². The highest BCUT2D eigenvalue weighted by Gasteiger charge is 2.50. The molecule has 0 saturated heterocycles. The summed E-state index contributed by atoms with van der Waals surface area (Å²) in [6.45, 7) is 36.6. The van der Waals surface area contributed by atoms with Crippen LogP contribution in [0.3, 0.4) is 0 Å². The van der Waals surface area contributed by atoms with Crippen LogP contribution in [0.25, 0.3) is 6.08 Å². The monoisotopic (exact) mass is 719 g/mol. The molecule has 1 aliphatic heterocycles. The van der Waals surface area contributed by atoms with E-state index >= 15 is 0 Å². The van der Waals surface area contributed by atoms with Crippen molar-refractivity contribution in [2.75, 3.05) is 0 Å². The molecule has 1 aromatic rings. The lowest BCUT2D eigenvalue weighted by Crippen LogP contribution is -2.54. The van der Waals surface area contributed by atoms with E-state index in [1.807, 2.05) is 46.1 Å². The molecule has 5 atom stereocenters. The first kappa shape index (κ1) is 42.8. The Hall–Kier alpha value is -1.40. The fourth-order valence-electron chi connectivity index (χ4n) is 5.83. The minimum atomic E-state index is -2.39. The summed E-state index contributed by atoms with van der Waals surface area (Å²) in [4.78, 5) is 33.4. The van der Waals surface area contributed by atoms with Gasteiger partial charge in [-0.3, -0.25) is 9.59 Å². The zero-order chi connectivity index (χ0) is 37.0.